The van der Waals surface area contributed by atoms with Gasteiger partial charge in [-0.05, 0) is 37.1 Å². The van der Waals surface area contributed by atoms with E-state index >= 15 is 0 Å². The van der Waals surface area contributed by atoms with Gasteiger partial charge in [-0.15, -0.1) is 11.3 Å². The average molecular weight is 464 g/mol. The van der Waals surface area contributed by atoms with Crippen LogP contribution in [0.2, 0.25) is 0 Å². The Morgan fingerprint density at radius 2 is 1.71 bits per heavy atom. The van der Waals surface area contributed by atoms with Crippen molar-refractivity contribution in [2.45, 2.75) is 25.2 Å². The van der Waals surface area contributed by atoms with Crippen molar-refractivity contribution in [2.75, 3.05) is 31.1 Å². The van der Waals surface area contributed by atoms with Gasteiger partial charge in [0.2, 0.25) is 10.0 Å². The highest BCUT2D eigenvalue weighted by molar-refractivity contribution is 7.89. The zero-order valence-electron chi connectivity index (χ0n) is 17.3. The van der Waals surface area contributed by atoms with Crippen LogP contribution in [0, 0.1) is 25.5 Å². The molecule has 1 fully saturated rings. The number of anilines is 1. The highest BCUT2D eigenvalue weighted by Crippen LogP contribution is 2.27. The van der Waals surface area contributed by atoms with Crippen molar-refractivity contribution in [2.24, 2.45) is 0 Å². The lowest BCUT2D eigenvalue weighted by molar-refractivity contribution is 0.378. The number of hydrogen-bond donors (Lipinski definition) is 0. The number of benzene rings is 2. The van der Waals surface area contributed by atoms with Crippen LogP contribution >= 0.6 is 11.3 Å². The number of nitrogens with zero attached hydrogens (tertiary/aromatic N) is 3. The standard InChI is InChI=1S/C22H23F2N3O2S2/c1-15-6-7-16(2)17(12-15)13-18-14-30-22(25-18)26-8-10-27(11-9-26)31(28,29)21-19(23)4-3-5-20(21)24/h3-7,12,14H,8-11,13H2,1-2H3. The lowest BCUT2D eigenvalue weighted by atomic mass is 10.0. The summed E-state index contributed by atoms with van der Waals surface area (Å²) in [6, 6.07) is 9.43. The Morgan fingerprint density at radius 3 is 2.39 bits per heavy atom. The Kier molecular flexibility index (Phi) is 6.09. The number of halogens is 2. The molecule has 0 spiro atoms. The average Bonchev–Trinajstić information content (AvgIpc) is 3.19. The first kappa shape index (κ1) is 21.9. The molecule has 1 saturated heterocycles. The van der Waals surface area contributed by atoms with Gasteiger partial charge in [0.1, 0.15) is 11.6 Å². The second-order valence-electron chi connectivity index (χ2n) is 7.67. The van der Waals surface area contributed by atoms with Crippen molar-refractivity contribution >= 4 is 26.5 Å². The molecule has 0 N–H and O–H groups in total. The summed E-state index contributed by atoms with van der Waals surface area (Å²) in [5.41, 5.74) is 4.64. The minimum atomic E-state index is -4.23. The van der Waals surface area contributed by atoms with Gasteiger partial charge >= 0.3 is 0 Å². The van der Waals surface area contributed by atoms with Gasteiger partial charge in [0.15, 0.2) is 10.0 Å². The highest BCUT2D eigenvalue weighted by atomic mass is 32.2. The molecule has 9 heteroatoms. The molecule has 4 rings (SSSR count). The molecule has 5 nitrogen and oxygen atoms in total. The van der Waals surface area contributed by atoms with Crippen molar-refractivity contribution in [1.82, 2.24) is 9.29 Å². The van der Waals surface area contributed by atoms with E-state index in [-0.39, 0.29) is 13.1 Å². The molecule has 2 aromatic carbocycles. The predicted molar refractivity (Wildman–Crippen MR) is 118 cm³/mol. The maximum Gasteiger partial charge on any atom is 0.249 e. The van der Waals surface area contributed by atoms with E-state index in [1.54, 1.807) is 0 Å². The van der Waals surface area contributed by atoms with Gasteiger partial charge in [-0.3, -0.25) is 0 Å². The maximum absolute atomic E-state index is 14.0. The van der Waals surface area contributed by atoms with Crippen LogP contribution in [0.1, 0.15) is 22.4 Å². The fourth-order valence-corrected chi connectivity index (χ4v) is 6.10. The zero-order chi connectivity index (χ0) is 22.2. The van der Waals surface area contributed by atoms with E-state index in [4.69, 9.17) is 4.98 Å². The molecule has 0 bridgehead atoms. The summed E-state index contributed by atoms with van der Waals surface area (Å²) in [6.07, 6.45) is 0.741. The minimum absolute atomic E-state index is 0.141. The van der Waals surface area contributed by atoms with Crippen LogP contribution in [0.3, 0.4) is 0 Å². The second-order valence-corrected chi connectivity index (χ2v) is 10.4. The van der Waals surface area contributed by atoms with E-state index in [9.17, 15) is 17.2 Å². The first-order chi connectivity index (χ1) is 14.8. The Hall–Kier alpha value is -2.36. The molecule has 3 aromatic rings. The molecule has 1 aliphatic rings. The van der Waals surface area contributed by atoms with Crippen LogP contribution in [0.4, 0.5) is 13.9 Å². The van der Waals surface area contributed by atoms with Gasteiger partial charge < -0.3 is 4.90 Å². The van der Waals surface area contributed by atoms with Gasteiger partial charge in [-0.1, -0.05) is 29.8 Å². The molecule has 0 unspecified atom stereocenters. The number of piperazine rings is 1. The first-order valence-electron chi connectivity index (χ1n) is 9.95. The monoisotopic (exact) mass is 463 g/mol. The van der Waals surface area contributed by atoms with Gasteiger partial charge in [0, 0.05) is 38.0 Å². The molecule has 31 heavy (non-hydrogen) atoms. The fourth-order valence-electron chi connectivity index (χ4n) is 3.69. The SMILES string of the molecule is Cc1ccc(C)c(Cc2csc(N3CCN(S(=O)(=O)c4c(F)cccc4F)CC3)n2)c1. The zero-order valence-corrected chi connectivity index (χ0v) is 18.9. The number of thiazole rings is 1. The fraction of sp³-hybridized carbons (Fsp3) is 0.318. The molecular weight excluding hydrogens is 440 g/mol. The summed E-state index contributed by atoms with van der Waals surface area (Å²) in [5.74, 6) is -2.14. The third kappa shape index (κ3) is 4.49. The van der Waals surface area contributed by atoms with E-state index < -0.39 is 26.6 Å². The molecule has 0 radical (unpaired) electrons. The maximum atomic E-state index is 14.0. The Bertz CT molecular complexity index is 1180. The predicted octanol–water partition coefficient (Wildman–Crippen LogP) is 4.14. The molecule has 164 valence electrons. The van der Waals surface area contributed by atoms with Crippen LogP contribution in [-0.4, -0.2) is 43.9 Å². The second kappa shape index (κ2) is 8.64. The van der Waals surface area contributed by atoms with Crippen LogP contribution in [-0.2, 0) is 16.4 Å². The van der Waals surface area contributed by atoms with Crippen LogP contribution in [0.15, 0.2) is 46.7 Å². The molecular formula is C22H23F2N3O2S2. The summed E-state index contributed by atoms with van der Waals surface area (Å²) in [4.78, 5) is 5.86. The van der Waals surface area contributed by atoms with E-state index in [1.807, 2.05) is 10.3 Å². The van der Waals surface area contributed by atoms with Crippen molar-refractivity contribution in [1.29, 1.82) is 0 Å². The summed E-state index contributed by atoms with van der Waals surface area (Å²) < 4.78 is 54.7. The molecule has 1 aliphatic heterocycles. The van der Waals surface area contributed by atoms with Crippen molar-refractivity contribution in [3.63, 3.8) is 0 Å². The Morgan fingerprint density at radius 1 is 1.03 bits per heavy atom. The third-order valence-corrected chi connectivity index (χ3v) is 8.34. The first-order valence-corrected chi connectivity index (χ1v) is 12.3. The van der Waals surface area contributed by atoms with Crippen LogP contribution < -0.4 is 4.90 Å². The lowest BCUT2D eigenvalue weighted by Crippen LogP contribution is -2.49. The van der Waals surface area contributed by atoms with Crippen molar-refractivity contribution in [3.05, 3.63) is 75.8 Å². The highest BCUT2D eigenvalue weighted by Gasteiger charge is 2.33. The Balaban J connectivity index is 1.44. The number of aryl methyl sites for hydroxylation is 2. The molecule has 1 aromatic heterocycles. The van der Waals surface area contributed by atoms with Crippen LogP contribution in [0.5, 0.6) is 0 Å². The normalized spacial score (nSPS) is 15.4. The number of sulfonamides is 1. The molecule has 0 amide bonds. The topological polar surface area (TPSA) is 53.5 Å². The van der Waals surface area contributed by atoms with E-state index in [0.29, 0.717) is 13.1 Å². The van der Waals surface area contributed by atoms with E-state index in [2.05, 4.69) is 32.0 Å². The molecule has 0 aliphatic carbocycles. The number of rotatable bonds is 5. The number of aromatic nitrogens is 1. The van der Waals surface area contributed by atoms with E-state index in [0.717, 1.165) is 39.8 Å². The quantitative estimate of drug-likeness (QED) is 0.571. The molecule has 0 atom stereocenters. The summed E-state index contributed by atoms with van der Waals surface area (Å²) >= 11 is 1.52. The van der Waals surface area contributed by atoms with Gasteiger partial charge in [-0.25, -0.2) is 22.2 Å². The summed E-state index contributed by atoms with van der Waals surface area (Å²) in [6.45, 7) is 5.25. The van der Waals surface area contributed by atoms with Gasteiger partial charge in [-0.2, -0.15) is 4.31 Å². The molecule has 2 heterocycles. The number of hydrogen-bond acceptors (Lipinski definition) is 5. The van der Waals surface area contributed by atoms with Gasteiger partial charge in [0.25, 0.3) is 0 Å². The minimum Gasteiger partial charge on any atom is -0.345 e. The third-order valence-electron chi connectivity index (χ3n) is 5.44. The Labute approximate surface area is 185 Å². The van der Waals surface area contributed by atoms with E-state index in [1.165, 1.54) is 28.0 Å². The van der Waals surface area contributed by atoms with Crippen molar-refractivity contribution < 1.29 is 17.2 Å². The summed E-state index contributed by atoms with van der Waals surface area (Å²) in [5, 5.41) is 2.85. The van der Waals surface area contributed by atoms with Crippen molar-refractivity contribution in [3.8, 4) is 0 Å². The molecule has 0 saturated carbocycles. The largest absolute Gasteiger partial charge is 0.345 e. The summed E-state index contributed by atoms with van der Waals surface area (Å²) in [7, 11) is -4.23. The van der Waals surface area contributed by atoms with Gasteiger partial charge in [0.05, 0.1) is 5.69 Å². The van der Waals surface area contributed by atoms with Crippen LogP contribution in [0.25, 0.3) is 0 Å². The smallest absolute Gasteiger partial charge is 0.249 e. The lowest BCUT2D eigenvalue weighted by Gasteiger charge is -2.33.